The number of nitrogens with one attached hydrogen (secondary N) is 1. The average molecular weight is 534 g/mol. The van der Waals surface area contributed by atoms with E-state index < -0.39 is 17.6 Å². The predicted molar refractivity (Wildman–Crippen MR) is 130 cm³/mol. The van der Waals surface area contributed by atoms with Crippen molar-refractivity contribution in [2.75, 3.05) is 33.7 Å². The molecular formula is C25H29Cl2F4N3O. The zero-order valence-corrected chi connectivity index (χ0v) is 21.2. The number of amides is 1. The van der Waals surface area contributed by atoms with Crippen LogP contribution in [0, 0.1) is 5.82 Å². The van der Waals surface area contributed by atoms with Crippen molar-refractivity contribution in [1.82, 2.24) is 15.1 Å². The lowest BCUT2D eigenvalue weighted by molar-refractivity contribution is -0.140. The summed E-state index contributed by atoms with van der Waals surface area (Å²) >= 11 is 12.3. The number of alkyl halides is 3. The van der Waals surface area contributed by atoms with E-state index in [1.54, 1.807) is 12.1 Å². The summed E-state index contributed by atoms with van der Waals surface area (Å²) in [5, 5.41) is 3.90. The molecule has 4 nitrogen and oxygen atoms in total. The second kappa shape index (κ2) is 11.9. The summed E-state index contributed by atoms with van der Waals surface area (Å²) in [6, 6.07) is 8.21. The number of unbranched alkanes of at least 4 members (excludes halogenated alkanes) is 1. The maximum absolute atomic E-state index is 14.1. The van der Waals surface area contributed by atoms with Gasteiger partial charge in [-0.05, 0) is 68.9 Å². The minimum absolute atomic E-state index is 0.0580. The standard InChI is InChI=1S/C25H29Cl2F4N3O/c1-32-10-4-3-5-24(35)34-14-18(17-7-9-20(26)21(27)12-17)23(15-34)33(2)13-16-6-8-19(22(28)11-16)25(29,30)31/h6-9,11-12,18,23,32H,3-5,10,13-15H2,1-2H3/t18-,23-/m1/s1. The van der Waals surface area contributed by atoms with Gasteiger partial charge in [-0.15, -0.1) is 0 Å². The van der Waals surface area contributed by atoms with E-state index in [-0.39, 0.29) is 24.4 Å². The Hall–Kier alpha value is -1.87. The van der Waals surface area contributed by atoms with Crippen molar-refractivity contribution in [3.8, 4) is 0 Å². The topological polar surface area (TPSA) is 35.6 Å². The quantitative estimate of drug-likeness (QED) is 0.318. The Bertz CT molecular complexity index is 1030. The molecule has 1 fully saturated rings. The highest BCUT2D eigenvalue weighted by Crippen LogP contribution is 2.36. The van der Waals surface area contributed by atoms with E-state index in [1.807, 2.05) is 30.0 Å². The summed E-state index contributed by atoms with van der Waals surface area (Å²) in [6.07, 6.45) is -2.63. The van der Waals surface area contributed by atoms with Gasteiger partial charge in [0.15, 0.2) is 0 Å². The first-order valence-corrected chi connectivity index (χ1v) is 12.2. The minimum atomic E-state index is -4.74. The Morgan fingerprint density at radius 2 is 1.86 bits per heavy atom. The predicted octanol–water partition coefficient (Wildman–Crippen LogP) is 5.97. The first-order chi connectivity index (χ1) is 16.5. The Morgan fingerprint density at radius 3 is 2.49 bits per heavy atom. The number of carbonyl (C=O) groups excluding carboxylic acids is 1. The molecule has 2 aromatic rings. The molecule has 35 heavy (non-hydrogen) atoms. The number of likely N-dealkylation sites (N-methyl/N-ethyl adjacent to an activating group) is 1. The van der Waals surface area contributed by atoms with E-state index in [4.69, 9.17) is 23.2 Å². The highest BCUT2D eigenvalue weighted by Gasteiger charge is 2.39. The molecule has 2 atom stereocenters. The Kier molecular flexibility index (Phi) is 9.43. The van der Waals surface area contributed by atoms with Crippen LogP contribution in [0.25, 0.3) is 0 Å². The molecule has 192 valence electrons. The first kappa shape index (κ1) is 27.7. The van der Waals surface area contributed by atoms with Gasteiger partial charge in [-0.2, -0.15) is 13.2 Å². The van der Waals surface area contributed by atoms with Crippen LogP contribution in [0.5, 0.6) is 0 Å². The zero-order valence-electron chi connectivity index (χ0n) is 19.6. The summed E-state index contributed by atoms with van der Waals surface area (Å²) in [5.74, 6) is -1.33. The first-order valence-electron chi connectivity index (χ1n) is 11.4. The van der Waals surface area contributed by atoms with E-state index in [0.717, 1.165) is 37.1 Å². The summed E-state index contributed by atoms with van der Waals surface area (Å²) in [7, 11) is 3.69. The van der Waals surface area contributed by atoms with E-state index in [0.29, 0.717) is 35.1 Å². The van der Waals surface area contributed by atoms with Crippen LogP contribution in [0.4, 0.5) is 17.6 Å². The van der Waals surface area contributed by atoms with Gasteiger partial charge in [0.05, 0.1) is 15.6 Å². The number of halogens is 6. The fraction of sp³-hybridized carbons (Fsp3) is 0.480. The molecule has 1 amide bonds. The van der Waals surface area contributed by atoms with E-state index in [2.05, 4.69) is 5.32 Å². The number of rotatable bonds is 9. The molecule has 1 heterocycles. The van der Waals surface area contributed by atoms with Gasteiger partial charge in [-0.25, -0.2) is 4.39 Å². The van der Waals surface area contributed by atoms with Crippen molar-refractivity contribution in [2.24, 2.45) is 0 Å². The Labute approximate surface area is 213 Å². The third-order valence-corrected chi connectivity index (χ3v) is 7.16. The molecular weight excluding hydrogens is 505 g/mol. The third-order valence-electron chi connectivity index (χ3n) is 6.42. The number of hydrogen-bond acceptors (Lipinski definition) is 3. The maximum atomic E-state index is 14.1. The monoisotopic (exact) mass is 533 g/mol. The van der Waals surface area contributed by atoms with Crippen LogP contribution in [0.15, 0.2) is 36.4 Å². The Morgan fingerprint density at radius 1 is 1.11 bits per heavy atom. The summed E-state index contributed by atoms with van der Waals surface area (Å²) < 4.78 is 52.9. The number of carbonyl (C=O) groups is 1. The second-order valence-corrected chi connectivity index (χ2v) is 9.75. The summed E-state index contributed by atoms with van der Waals surface area (Å²) in [4.78, 5) is 16.7. The van der Waals surface area contributed by atoms with E-state index in [9.17, 15) is 22.4 Å². The van der Waals surface area contributed by atoms with Crippen LogP contribution >= 0.6 is 23.2 Å². The van der Waals surface area contributed by atoms with Gasteiger partial charge < -0.3 is 10.2 Å². The van der Waals surface area contributed by atoms with Gasteiger partial charge in [-0.3, -0.25) is 9.69 Å². The number of likely N-dealkylation sites (tertiary alicyclic amines) is 1. The van der Waals surface area contributed by atoms with Crippen LogP contribution < -0.4 is 5.32 Å². The molecule has 2 aromatic carbocycles. The SMILES string of the molecule is CNCCCCC(=O)N1C[C@H](c2ccc(Cl)c(Cl)c2)[C@H](N(C)Cc2ccc(C(F)(F)F)c(F)c2)C1. The molecule has 3 rings (SSSR count). The summed E-state index contributed by atoms with van der Waals surface area (Å²) in [5.41, 5.74) is 0.0524. The zero-order chi connectivity index (χ0) is 25.8. The lowest BCUT2D eigenvalue weighted by Crippen LogP contribution is -2.38. The molecule has 0 aliphatic carbocycles. The van der Waals surface area contributed by atoms with Crippen molar-refractivity contribution in [3.63, 3.8) is 0 Å². The lowest BCUT2D eigenvalue weighted by atomic mass is 9.93. The average Bonchev–Trinajstić information content (AvgIpc) is 3.23. The molecule has 0 spiro atoms. The molecule has 1 aliphatic rings. The van der Waals surface area contributed by atoms with Gasteiger partial charge in [0, 0.05) is 38.0 Å². The molecule has 0 aromatic heterocycles. The molecule has 0 unspecified atom stereocenters. The van der Waals surface area contributed by atoms with Crippen molar-refractivity contribution in [2.45, 2.75) is 43.9 Å². The molecule has 0 radical (unpaired) electrons. The van der Waals surface area contributed by atoms with Gasteiger partial charge >= 0.3 is 6.18 Å². The van der Waals surface area contributed by atoms with Gasteiger partial charge in [0.25, 0.3) is 0 Å². The van der Waals surface area contributed by atoms with Crippen LogP contribution in [0.3, 0.4) is 0 Å². The van der Waals surface area contributed by atoms with E-state index in [1.165, 1.54) is 6.07 Å². The molecule has 1 N–H and O–H groups in total. The summed E-state index contributed by atoms with van der Waals surface area (Å²) in [6.45, 7) is 2.00. The minimum Gasteiger partial charge on any atom is -0.340 e. The van der Waals surface area contributed by atoms with Crippen LogP contribution in [-0.2, 0) is 17.5 Å². The van der Waals surface area contributed by atoms with E-state index >= 15 is 0 Å². The molecule has 1 saturated heterocycles. The van der Waals surface area contributed by atoms with Crippen molar-refractivity contribution in [1.29, 1.82) is 0 Å². The molecule has 1 aliphatic heterocycles. The lowest BCUT2D eigenvalue weighted by Gasteiger charge is -2.29. The second-order valence-electron chi connectivity index (χ2n) is 8.93. The number of hydrogen-bond donors (Lipinski definition) is 1. The largest absolute Gasteiger partial charge is 0.419 e. The maximum Gasteiger partial charge on any atom is 0.419 e. The highest BCUT2D eigenvalue weighted by atomic mass is 35.5. The molecule has 0 saturated carbocycles. The molecule has 10 heteroatoms. The molecule has 0 bridgehead atoms. The highest BCUT2D eigenvalue weighted by molar-refractivity contribution is 6.42. The fourth-order valence-electron chi connectivity index (χ4n) is 4.54. The van der Waals surface area contributed by atoms with Crippen molar-refractivity contribution < 1.29 is 22.4 Å². The smallest absolute Gasteiger partial charge is 0.340 e. The van der Waals surface area contributed by atoms with Crippen LogP contribution in [-0.4, -0.2) is 55.5 Å². The van der Waals surface area contributed by atoms with Gasteiger partial charge in [0.2, 0.25) is 5.91 Å². The van der Waals surface area contributed by atoms with Crippen LogP contribution in [0.1, 0.15) is 41.9 Å². The normalized spacial score (nSPS) is 18.5. The fourth-order valence-corrected chi connectivity index (χ4v) is 4.84. The number of benzene rings is 2. The van der Waals surface area contributed by atoms with Crippen LogP contribution in [0.2, 0.25) is 10.0 Å². The van der Waals surface area contributed by atoms with Crippen molar-refractivity contribution in [3.05, 3.63) is 69.0 Å². The van der Waals surface area contributed by atoms with Crippen molar-refractivity contribution >= 4 is 29.1 Å². The van der Waals surface area contributed by atoms with Gasteiger partial charge in [0.1, 0.15) is 5.82 Å². The third kappa shape index (κ3) is 7.09. The van der Waals surface area contributed by atoms with Gasteiger partial charge in [-0.1, -0.05) is 35.3 Å². The number of nitrogens with zero attached hydrogens (tertiary/aromatic N) is 2. The Balaban J connectivity index is 1.79.